The number of aliphatic imine (C=N–C) groups is 1. The molecule has 4 nitrogen and oxygen atoms in total. The summed E-state index contributed by atoms with van der Waals surface area (Å²) < 4.78 is 0. The van der Waals surface area contributed by atoms with Crippen LogP contribution in [0.1, 0.15) is 42.5 Å². The third kappa shape index (κ3) is 2.82. The van der Waals surface area contributed by atoms with Crippen molar-refractivity contribution in [2.45, 2.75) is 37.6 Å². The van der Waals surface area contributed by atoms with E-state index in [2.05, 4.69) is 5.32 Å². The summed E-state index contributed by atoms with van der Waals surface area (Å²) in [4.78, 5) is 15.9. The average molecular weight is 289 g/mol. The van der Waals surface area contributed by atoms with Crippen LogP contribution in [0.2, 0.25) is 0 Å². The molecule has 0 radical (unpaired) electrons. The van der Waals surface area contributed by atoms with Gasteiger partial charge in [-0.05, 0) is 37.1 Å². The van der Waals surface area contributed by atoms with Crippen LogP contribution in [0.4, 0.5) is 5.69 Å². The van der Waals surface area contributed by atoms with Crippen molar-refractivity contribution in [2.75, 3.05) is 11.1 Å². The fraction of sp³-hybridized carbons (Fsp3) is 0.467. The Bertz CT molecular complexity index is 533. The molecule has 1 fully saturated rings. The van der Waals surface area contributed by atoms with Gasteiger partial charge < -0.3 is 11.1 Å². The first kappa shape index (κ1) is 13.5. The Morgan fingerprint density at radius 1 is 1.20 bits per heavy atom. The molecule has 1 saturated carbocycles. The second kappa shape index (κ2) is 5.48. The molecule has 1 aliphatic heterocycles. The number of nitrogens with two attached hydrogens (primary N) is 1. The molecule has 1 heterocycles. The number of carbonyl (C=O) groups excluding carboxylic acids is 1. The number of hydrogen-bond acceptors (Lipinski definition) is 4. The van der Waals surface area contributed by atoms with Gasteiger partial charge in [0.2, 0.25) is 5.91 Å². The number of hydrogen-bond donors (Lipinski definition) is 2. The van der Waals surface area contributed by atoms with Crippen molar-refractivity contribution in [3.05, 3.63) is 29.8 Å². The zero-order chi connectivity index (χ0) is 14.0. The van der Waals surface area contributed by atoms with E-state index in [9.17, 15) is 4.79 Å². The van der Waals surface area contributed by atoms with Gasteiger partial charge in [0.05, 0.1) is 5.54 Å². The third-order valence-electron chi connectivity index (χ3n) is 4.02. The average Bonchev–Trinajstić information content (AvgIpc) is 2.83. The van der Waals surface area contributed by atoms with Gasteiger partial charge in [-0.1, -0.05) is 31.0 Å². The predicted molar refractivity (Wildman–Crippen MR) is 84.3 cm³/mol. The van der Waals surface area contributed by atoms with Crippen LogP contribution in [0.25, 0.3) is 0 Å². The molecule has 0 saturated heterocycles. The summed E-state index contributed by atoms with van der Waals surface area (Å²) in [5.41, 5.74) is 6.89. The Balaban J connectivity index is 1.69. The summed E-state index contributed by atoms with van der Waals surface area (Å²) in [5, 5.41) is 4.34. The van der Waals surface area contributed by atoms with Gasteiger partial charge in [0, 0.05) is 17.0 Å². The highest BCUT2D eigenvalue weighted by atomic mass is 32.2. The van der Waals surface area contributed by atoms with Gasteiger partial charge in [0.25, 0.3) is 0 Å². The number of amidine groups is 1. The first-order valence-corrected chi connectivity index (χ1v) is 8.05. The summed E-state index contributed by atoms with van der Waals surface area (Å²) in [6.45, 7) is 0. The first-order valence-electron chi connectivity index (χ1n) is 7.06. The van der Waals surface area contributed by atoms with Crippen LogP contribution in [-0.2, 0) is 0 Å². The zero-order valence-corrected chi connectivity index (χ0v) is 12.2. The van der Waals surface area contributed by atoms with Gasteiger partial charge >= 0.3 is 0 Å². The molecule has 0 unspecified atom stereocenters. The maximum Gasteiger partial charge on any atom is 0.248 e. The van der Waals surface area contributed by atoms with Crippen LogP contribution in [0.3, 0.4) is 0 Å². The van der Waals surface area contributed by atoms with Gasteiger partial charge in [0.15, 0.2) is 5.17 Å². The van der Waals surface area contributed by atoms with Gasteiger partial charge in [-0.25, -0.2) is 0 Å². The van der Waals surface area contributed by atoms with Gasteiger partial charge in [-0.2, -0.15) is 0 Å². The highest BCUT2D eigenvalue weighted by Crippen LogP contribution is 2.39. The van der Waals surface area contributed by atoms with Crippen molar-refractivity contribution in [1.82, 2.24) is 0 Å². The predicted octanol–water partition coefficient (Wildman–Crippen LogP) is 3.00. The molecule has 0 atom stereocenters. The Labute approximate surface area is 123 Å². The van der Waals surface area contributed by atoms with E-state index in [1.807, 2.05) is 12.1 Å². The van der Waals surface area contributed by atoms with Crippen molar-refractivity contribution in [2.24, 2.45) is 10.7 Å². The zero-order valence-electron chi connectivity index (χ0n) is 11.4. The Hall–Kier alpha value is -1.49. The van der Waals surface area contributed by atoms with E-state index in [4.69, 9.17) is 10.7 Å². The SMILES string of the molecule is NC(=O)c1ccc(NC2=NC3(CCCCC3)CS2)cc1. The van der Waals surface area contributed by atoms with Gasteiger partial charge in [-0.3, -0.25) is 9.79 Å². The fourth-order valence-electron chi connectivity index (χ4n) is 2.85. The highest BCUT2D eigenvalue weighted by Gasteiger charge is 2.36. The normalized spacial score (nSPS) is 20.7. The maximum absolute atomic E-state index is 11.0. The lowest BCUT2D eigenvalue weighted by Gasteiger charge is -2.29. The molecule has 1 aromatic rings. The van der Waals surface area contributed by atoms with Crippen molar-refractivity contribution in [1.29, 1.82) is 0 Å². The standard InChI is InChI=1S/C15H19N3OS/c16-13(19)11-4-6-12(7-5-11)17-14-18-15(10-20-14)8-2-1-3-9-15/h4-7H,1-3,8-10H2,(H2,16,19)(H,17,18). The number of nitrogens with one attached hydrogen (secondary N) is 1. The lowest BCUT2D eigenvalue weighted by atomic mass is 9.84. The van der Waals surface area contributed by atoms with Crippen LogP contribution in [0.15, 0.2) is 29.3 Å². The number of benzene rings is 1. The number of primary amides is 1. The molecule has 1 amide bonds. The van der Waals surface area contributed by atoms with Crippen molar-refractivity contribution >= 4 is 28.5 Å². The molecular formula is C15H19N3OS. The van der Waals surface area contributed by atoms with Crippen LogP contribution in [0.5, 0.6) is 0 Å². The lowest BCUT2D eigenvalue weighted by Crippen LogP contribution is -2.29. The number of thioether (sulfide) groups is 1. The Morgan fingerprint density at radius 3 is 2.55 bits per heavy atom. The molecule has 1 aromatic carbocycles. The number of carbonyl (C=O) groups is 1. The molecule has 0 aromatic heterocycles. The lowest BCUT2D eigenvalue weighted by molar-refractivity contribution is 0.100. The summed E-state index contributed by atoms with van der Waals surface area (Å²) in [6, 6.07) is 7.21. The molecule has 3 N–H and O–H groups in total. The molecule has 5 heteroatoms. The smallest absolute Gasteiger partial charge is 0.248 e. The first-order chi connectivity index (χ1) is 9.67. The van der Waals surface area contributed by atoms with E-state index < -0.39 is 5.91 Å². The second-order valence-electron chi connectivity index (χ2n) is 5.56. The number of amides is 1. The van der Waals surface area contributed by atoms with E-state index in [0.29, 0.717) is 5.56 Å². The van der Waals surface area contributed by atoms with E-state index in [1.165, 1.54) is 32.1 Å². The monoisotopic (exact) mass is 289 g/mol. The van der Waals surface area contributed by atoms with Crippen LogP contribution < -0.4 is 11.1 Å². The summed E-state index contributed by atoms with van der Waals surface area (Å²) in [7, 11) is 0. The van der Waals surface area contributed by atoms with Crippen molar-refractivity contribution in [3.63, 3.8) is 0 Å². The topological polar surface area (TPSA) is 67.5 Å². The molecular weight excluding hydrogens is 270 g/mol. The molecule has 106 valence electrons. The van der Waals surface area contributed by atoms with Crippen molar-refractivity contribution < 1.29 is 4.79 Å². The van der Waals surface area contributed by atoms with E-state index in [1.54, 1.807) is 23.9 Å². The van der Waals surface area contributed by atoms with Crippen molar-refractivity contribution in [3.8, 4) is 0 Å². The van der Waals surface area contributed by atoms with E-state index >= 15 is 0 Å². The quantitative estimate of drug-likeness (QED) is 0.879. The molecule has 0 bridgehead atoms. The maximum atomic E-state index is 11.0. The summed E-state index contributed by atoms with van der Waals surface area (Å²) >= 11 is 1.80. The molecule has 1 spiro atoms. The molecule has 1 aliphatic carbocycles. The third-order valence-corrected chi connectivity index (χ3v) is 5.17. The Kier molecular flexibility index (Phi) is 3.70. The number of nitrogens with zero attached hydrogens (tertiary/aromatic N) is 1. The van der Waals surface area contributed by atoms with E-state index in [0.717, 1.165) is 16.6 Å². The molecule has 3 rings (SSSR count). The Morgan fingerprint density at radius 2 is 1.90 bits per heavy atom. The minimum Gasteiger partial charge on any atom is -0.366 e. The van der Waals surface area contributed by atoms with Crippen LogP contribution in [0, 0.1) is 0 Å². The second-order valence-corrected chi connectivity index (χ2v) is 6.52. The highest BCUT2D eigenvalue weighted by molar-refractivity contribution is 8.14. The largest absolute Gasteiger partial charge is 0.366 e. The number of rotatable bonds is 2. The molecule has 20 heavy (non-hydrogen) atoms. The number of anilines is 1. The van der Waals surface area contributed by atoms with Gasteiger partial charge in [-0.15, -0.1) is 0 Å². The molecule has 2 aliphatic rings. The summed E-state index contributed by atoms with van der Waals surface area (Å²) in [5.74, 6) is 0.694. The van der Waals surface area contributed by atoms with E-state index in [-0.39, 0.29) is 5.54 Å². The van der Waals surface area contributed by atoms with Gasteiger partial charge in [0.1, 0.15) is 0 Å². The van der Waals surface area contributed by atoms with Crippen LogP contribution >= 0.6 is 11.8 Å². The minimum absolute atomic E-state index is 0.179. The fourth-order valence-corrected chi connectivity index (χ4v) is 4.06. The minimum atomic E-state index is -0.398. The summed E-state index contributed by atoms with van der Waals surface area (Å²) in [6.07, 6.45) is 6.37. The van der Waals surface area contributed by atoms with Crippen LogP contribution in [-0.4, -0.2) is 22.4 Å².